The fraction of sp³-hybridized carbons (Fsp3) is 0. The van der Waals surface area contributed by atoms with Crippen molar-refractivity contribution < 1.29 is 9.90 Å². The van der Waals surface area contributed by atoms with Gasteiger partial charge in [-0.05, 0) is 21.1 Å². The molecule has 1 heterocycles. The number of nitroso groups, excluding NO2 is 1. The normalized spacial score (nSPS) is 9.42. The molecule has 0 saturated carbocycles. The molecule has 0 atom stereocenters. The molecular formula is C6H3BrN2O3. The molecule has 0 aliphatic rings. The highest BCUT2D eigenvalue weighted by Gasteiger charge is 2.14. The third kappa shape index (κ3) is 1.48. The molecule has 0 aliphatic heterocycles. The summed E-state index contributed by atoms with van der Waals surface area (Å²) in [4.78, 5) is 24.2. The first kappa shape index (κ1) is 8.79. The topological polar surface area (TPSA) is 79.6 Å². The van der Waals surface area contributed by atoms with Crippen molar-refractivity contribution in [3.63, 3.8) is 0 Å². The summed E-state index contributed by atoms with van der Waals surface area (Å²) < 4.78 is 0.243. The Labute approximate surface area is 75.5 Å². The molecule has 0 amide bonds. The third-order valence-electron chi connectivity index (χ3n) is 1.19. The van der Waals surface area contributed by atoms with Gasteiger partial charge in [-0.3, -0.25) is 4.98 Å². The van der Waals surface area contributed by atoms with E-state index in [1.807, 2.05) is 0 Å². The number of carboxylic acids is 1. The van der Waals surface area contributed by atoms with Crippen molar-refractivity contribution in [2.45, 2.75) is 0 Å². The predicted molar refractivity (Wildman–Crippen MR) is 44.4 cm³/mol. The minimum atomic E-state index is -1.21. The zero-order valence-electron chi connectivity index (χ0n) is 5.69. The van der Waals surface area contributed by atoms with Crippen molar-refractivity contribution in [2.75, 3.05) is 0 Å². The fourth-order valence-corrected chi connectivity index (χ4v) is 1.20. The van der Waals surface area contributed by atoms with E-state index in [1.54, 1.807) is 0 Å². The molecule has 0 radical (unpaired) electrons. The monoisotopic (exact) mass is 230 g/mol. The van der Waals surface area contributed by atoms with Crippen molar-refractivity contribution in [2.24, 2.45) is 5.18 Å². The van der Waals surface area contributed by atoms with E-state index in [0.717, 1.165) is 6.20 Å². The van der Waals surface area contributed by atoms with Gasteiger partial charge >= 0.3 is 5.97 Å². The van der Waals surface area contributed by atoms with Crippen molar-refractivity contribution in [1.29, 1.82) is 0 Å². The average Bonchev–Trinajstić information content (AvgIpc) is 2.03. The quantitative estimate of drug-likeness (QED) is 0.788. The van der Waals surface area contributed by atoms with Crippen LogP contribution in [0.4, 0.5) is 5.69 Å². The Morgan fingerprint density at radius 2 is 2.25 bits per heavy atom. The van der Waals surface area contributed by atoms with Crippen LogP contribution in [0.5, 0.6) is 0 Å². The van der Waals surface area contributed by atoms with Crippen LogP contribution in [0.15, 0.2) is 22.0 Å². The van der Waals surface area contributed by atoms with E-state index in [-0.39, 0.29) is 15.7 Å². The molecule has 0 aliphatic carbocycles. The predicted octanol–water partition coefficient (Wildman–Crippen LogP) is 1.94. The molecule has 6 heteroatoms. The van der Waals surface area contributed by atoms with Crippen LogP contribution in [0.25, 0.3) is 0 Å². The van der Waals surface area contributed by atoms with Crippen LogP contribution in [0, 0.1) is 4.91 Å². The maximum atomic E-state index is 10.5. The van der Waals surface area contributed by atoms with Gasteiger partial charge in [0.05, 0.1) is 10.7 Å². The molecule has 5 nitrogen and oxygen atoms in total. The Kier molecular flexibility index (Phi) is 2.49. The molecule has 1 aromatic heterocycles. The summed E-state index contributed by atoms with van der Waals surface area (Å²) in [5.41, 5.74) is -0.350. The van der Waals surface area contributed by atoms with Gasteiger partial charge < -0.3 is 5.11 Å². The van der Waals surface area contributed by atoms with E-state index in [2.05, 4.69) is 26.1 Å². The first-order valence-corrected chi connectivity index (χ1v) is 3.66. The largest absolute Gasteiger partial charge is 0.478 e. The molecule has 0 saturated heterocycles. The van der Waals surface area contributed by atoms with Crippen molar-refractivity contribution in [1.82, 2.24) is 4.98 Å². The van der Waals surface area contributed by atoms with Crippen LogP contribution in [-0.2, 0) is 0 Å². The van der Waals surface area contributed by atoms with E-state index in [4.69, 9.17) is 5.11 Å². The number of nitrogens with zero attached hydrogens (tertiary/aromatic N) is 2. The van der Waals surface area contributed by atoms with Gasteiger partial charge in [-0.15, -0.1) is 4.91 Å². The first-order valence-electron chi connectivity index (χ1n) is 2.87. The fourth-order valence-electron chi connectivity index (χ4n) is 0.706. The van der Waals surface area contributed by atoms with Crippen LogP contribution < -0.4 is 0 Å². The number of rotatable bonds is 2. The van der Waals surface area contributed by atoms with Gasteiger partial charge in [0.1, 0.15) is 11.3 Å². The van der Waals surface area contributed by atoms with E-state index in [9.17, 15) is 9.70 Å². The minimum absolute atomic E-state index is 0.167. The Bertz CT molecular complexity index is 340. The van der Waals surface area contributed by atoms with E-state index >= 15 is 0 Å². The number of aromatic nitrogens is 1. The first-order chi connectivity index (χ1) is 5.66. The van der Waals surface area contributed by atoms with E-state index < -0.39 is 5.97 Å². The lowest BCUT2D eigenvalue weighted by Crippen LogP contribution is -1.98. The molecule has 0 bridgehead atoms. The SMILES string of the molecule is O=Nc1cncc(Br)c1C(=O)O. The summed E-state index contributed by atoms with van der Waals surface area (Å²) in [6.07, 6.45) is 2.39. The molecule has 0 unspecified atom stereocenters. The summed E-state index contributed by atoms with van der Waals surface area (Å²) in [7, 11) is 0. The lowest BCUT2D eigenvalue weighted by molar-refractivity contribution is 0.0696. The van der Waals surface area contributed by atoms with Crippen LogP contribution in [-0.4, -0.2) is 16.1 Å². The standard InChI is InChI=1S/C6H3BrN2O3/c7-3-1-8-2-4(9-12)5(3)6(10)11/h1-2H,(H,10,11). The Balaban J connectivity index is 3.39. The van der Waals surface area contributed by atoms with Crippen LogP contribution in [0.1, 0.15) is 10.4 Å². The summed E-state index contributed by atoms with van der Waals surface area (Å²) in [6.45, 7) is 0. The van der Waals surface area contributed by atoms with Crippen molar-refractivity contribution >= 4 is 27.6 Å². The average molecular weight is 231 g/mol. The van der Waals surface area contributed by atoms with Gasteiger partial charge in [-0.2, -0.15) is 0 Å². The smallest absolute Gasteiger partial charge is 0.339 e. The molecule has 62 valence electrons. The second-order valence-corrected chi connectivity index (χ2v) is 2.77. The highest BCUT2D eigenvalue weighted by atomic mass is 79.9. The number of halogens is 1. The van der Waals surface area contributed by atoms with Gasteiger partial charge in [0.25, 0.3) is 0 Å². The van der Waals surface area contributed by atoms with E-state index in [1.165, 1.54) is 6.20 Å². The molecule has 0 spiro atoms. The van der Waals surface area contributed by atoms with E-state index in [0.29, 0.717) is 0 Å². The van der Waals surface area contributed by atoms with Gasteiger partial charge in [-0.25, -0.2) is 4.79 Å². The maximum Gasteiger partial charge on any atom is 0.339 e. The molecular weight excluding hydrogens is 228 g/mol. The number of aromatic carboxylic acids is 1. The highest BCUT2D eigenvalue weighted by molar-refractivity contribution is 9.10. The number of hydrogen-bond acceptors (Lipinski definition) is 4. The van der Waals surface area contributed by atoms with Gasteiger partial charge in [0.2, 0.25) is 0 Å². The van der Waals surface area contributed by atoms with Gasteiger partial charge in [0, 0.05) is 6.20 Å². The molecule has 1 aromatic rings. The highest BCUT2D eigenvalue weighted by Crippen LogP contribution is 2.25. The van der Waals surface area contributed by atoms with Crippen molar-refractivity contribution in [3.05, 3.63) is 27.3 Å². The van der Waals surface area contributed by atoms with Crippen LogP contribution in [0.2, 0.25) is 0 Å². The second-order valence-electron chi connectivity index (χ2n) is 1.91. The molecule has 1 rings (SSSR count). The van der Waals surface area contributed by atoms with Gasteiger partial charge in [-0.1, -0.05) is 0 Å². The summed E-state index contributed by atoms with van der Waals surface area (Å²) >= 11 is 2.95. The lowest BCUT2D eigenvalue weighted by atomic mass is 10.2. The van der Waals surface area contributed by atoms with Crippen LogP contribution >= 0.6 is 15.9 Å². The zero-order chi connectivity index (χ0) is 9.14. The Morgan fingerprint density at radius 3 is 2.67 bits per heavy atom. The Morgan fingerprint density at radius 1 is 1.58 bits per heavy atom. The summed E-state index contributed by atoms with van der Waals surface area (Å²) in [6, 6.07) is 0. The maximum absolute atomic E-state index is 10.5. The third-order valence-corrected chi connectivity index (χ3v) is 1.79. The Hall–Kier alpha value is -1.30. The number of carbonyl (C=O) groups is 1. The minimum Gasteiger partial charge on any atom is -0.478 e. The van der Waals surface area contributed by atoms with Crippen molar-refractivity contribution in [3.8, 4) is 0 Å². The summed E-state index contributed by atoms with van der Waals surface area (Å²) in [5.74, 6) is -1.21. The zero-order valence-corrected chi connectivity index (χ0v) is 7.28. The molecule has 0 fully saturated rings. The number of carboxylic acid groups (broad SMARTS) is 1. The number of hydrogen-bond donors (Lipinski definition) is 1. The lowest BCUT2D eigenvalue weighted by Gasteiger charge is -1.98. The molecule has 12 heavy (non-hydrogen) atoms. The second kappa shape index (κ2) is 3.40. The molecule has 1 N–H and O–H groups in total. The number of pyridine rings is 1. The van der Waals surface area contributed by atoms with Gasteiger partial charge in [0.15, 0.2) is 0 Å². The summed E-state index contributed by atoms with van der Waals surface area (Å²) in [5, 5.41) is 11.2. The molecule has 0 aromatic carbocycles. The van der Waals surface area contributed by atoms with Crippen LogP contribution in [0.3, 0.4) is 0 Å².